The molecular formula is C13H13NO. The maximum absolute atomic E-state index is 5.61. The third-order valence-corrected chi connectivity index (χ3v) is 2.10. The number of aryl methyl sites for hydroxylation is 1. The van der Waals surface area contributed by atoms with E-state index in [1.165, 1.54) is 5.56 Å². The maximum Gasteiger partial charge on any atom is 0.130 e. The van der Waals surface area contributed by atoms with E-state index in [4.69, 9.17) is 4.74 Å². The fraction of sp³-hybridized carbons (Fsp3) is 0.154. The van der Waals surface area contributed by atoms with Crippen molar-refractivity contribution in [2.45, 2.75) is 13.5 Å². The van der Waals surface area contributed by atoms with Crippen molar-refractivity contribution >= 4 is 0 Å². The van der Waals surface area contributed by atoms with Crippen LogP contribution in [0.4, 0.5) is 0 Å². The van der Waals surface area contributed by atoms with Gasteiger partial charge in [-0.3, -0.25) is 4.98 Å². The first-order valence-electron chi connectivity index (χ1n) is 4.94. The summed E-state index contributed by atoms with van der Waals surface area (Å²) in [6, 6.07) is 13.8. The van der Waals surface area contributed by atoms with Crippen molar-refractivity contribution in [2.75, 3.05) is 0 Å². The molecule has 0 radical (unpaired) electrons. The van der Waals surface area contributed by atoms with Crippen LogP contribution in [0.5, 0.6) is 5.75 Å². The van der Waals surface area contributed by atoms with Crippen LogP contribution in [0.3, 0.4) is 0 Å². The second-order valence-corrected chi connectivity index (χ2v) is 3.43. The van der Waals surface area contributed by atoms with E-state index in [2.05, 4.69) is 4.98 Å². The quantitative estimate of drug-likeness (QED) is 0.758. The lowest BCUT2D eigenvalue weighted by Crippen LogP contribution is -1.97. The number of hydrogen-bond donors (Lipinski definition) is 0. The third-order valence-electron chi connectivity index (χ3n) is 2.10. The first-order chi connectivity index (χ1) is 7.34. The Balaban J connectivity index is 1.99. The summed E-state index contributed by atoms with van der Waals surface area (Å²) in [6.07, 6.45) is 1.77. The van der Waals surface area contributed by atoms with Crippen molar-refractivity contribution in [3.05, 3.63) is 59.9 Å². The monoisotopic (exact) mass is 199 g/mol. The second kappa shape index (κ2) is 4.60. The molecule has 0 atom stereocenters. The average Bonchev–Trinajstić information content (AvgIpc) is 2.28. The van der Waals surface area contributed by atoms with Crippen LogP contribution in [0.2, 0.25) is 0 Å². The van der Waals surface area contributed by atoms with Crippen molar-refractivity contribution in [1.82, 2.24) is 4.98 Å². The molecule has 15 heavy (non-hydrogen) atoms. The molecule has 76 valence electrons. The topological polar surface area (TPSA) is 22.1 Å². The van der Waals surface area contributed by atoms with E-state index in [1.54, 1.807) is 6.20 Å². The zero-order valence-corrected chi connectivity index (χ0v) is 8.68. The minimum Gasteiger partial charge on any atom is -0.487 e. The molecule has 0 N–H and O–H groups in total. The van der Waals surface area contributed by atoms with Crippen molar-refractivity contribution < 1.29 is 4.74 Å². The summed E-state index contributed by atoms with van der Waals surface area (Å²) in [5.74, 6) is 0.889. The van der Waals surface area contributed by atoms with Gasteiger partial charge in [-0.15, -0.1) is 0 Å². The number of rotatable bonds is 3. The van der Waals surface area contributed by atoms with Gasteiger partial charge < -0.3 is 4.74 Å². The van der Waals surface area contributed by atoms with Crippen molar-refractivity contribution in [3.63, 3.8) is 0 Å². The average molecular weight is 199 g/mol. The molecule has 0 saturated carbocycles. The van der Waals surface area contributed by atoms with Gasteiger partial charge in [-0.05, 0) is 36.8 Å². The minimum atomic E-state index is 0.518. The summed E-state index contributed by atoms with van der Waals surface area (Å²) in [5.41, 5.74) is 2.15. The van der Waals surface area contributed by atoms with Crippen LogP contribution in [0, 0.1) is 6.92 Å². The van der Waals surface area contributed by atoms with Crippen LogP contribution in [-0.2, 0) is 6.61 Å². The molecule has 0 aliphatic heterocycles. The fourth-order valence-electron chi connectivity index (χ4n) is 1.35. The maximum atomic E-state index is 5.61. The van der Waals surface area contributed by atoms with E-state index in [0.29, 0.717) is 6.61 Å². The molecule has 1 aromatic heterocycles. The third kappa shape index (κ3) is 2.81. The van der Waals surface area contributed by atoms with Crippen LogP contribution >= 0.6 is 0 Å². The molecule has 2 aromatic rings. The number of benzene rings is 1. The van der Waals surface area contributed by atoms with Gasteiger partial charge in [-0.1, -0.05) is 18.2 Å². The van der Waals surface area contributed by atoms with Gasteiger partial charge in [0.05, 0.1) is 5.69 Å². The van der Waals surface area contributed by atoms with E-state index in [0.717, 1.165) is 11.4 Å². The molecule has 0 aliphatic carbocycles. The molecule has 1 aromatic carbocycles. The molecule has 0 unspecified atom stereocenters. The molecule has 2 rings (SSSR count). The molecular weight excluding hydrogens is 186 g/mol. The van der Waals surface area contributed by atoms with E-state index in [1.807, 2.05) is 49.4 Å². The van der Waals surface area contributed by atoms with Gasteiger partial charge in [-0.25, -0.2) is 0 Å². The van der Waals surface area contributed by atoms with Gasteiger partial charge in [0, 0.05) is 6.20 Å². The molecule has 0 amide bonds. The number of hydrogen-bond acceptors (Lipinski definition) is 2. The summed E-state index contributed by atoms with van der Waals surface area (Å²) >= 11 is 0. The molecule has 0 saturated heterocycles. The molecule has 0 bridgehead atoms. The van der Waals surface area contributed by atoms with Gasteiger partial charge in [0.15, 0.2) is 0 Å². The van der Waals surface area contributed by atoms with Crippen molar-refractivity contribution in [3.8, 4) is 5.75 Å². The largest absolute Gasteiger partial charge is 0.487 e. The van der Waals surface area contributed by atoms with Gasteiger partial charge in [-0.2, -0.15) is 0 Å². The van der Waals surface area contributed by atoms with E-state index < -0.39 is 0 Å². The highest BCUT2D eigenvalue weighted by molar-refractivity contribution is 5.27. The van der Waals surface area contributed by atoms with Crippen LogP contribution in [-0.4, -0.2) is 4.98 Å². The Morgan fingerprint density at radius 2 is 2.07 bits per heavy atom. The zero-order chi connectivity index (χ0) is 10.5. The Kier molecular flexibility index (Phi) is 2.98. The van der Waals surface area contributed by atoms with Crippen LogP contribution < -0.4 is 4.74 Å². The summed E-state index contributed by atoms with van der Waals surface area (Å²) in [6.45, 7) is 2.57. The Labute approximate surface area is 89.6 Å². The van der Waals surface area contributed by atoms with Gasteiger partial charge in [0.25, 0.3) is 0 Å². The number of aromatic nitrogens is 1. The minimum absolute atomic E-state index is 0.518. The Morgan fingerprint density at radius 1 is 1.13 bits per heavy atom. The highest BCUT2D eigenvalue weighted by Gasteiger charge is 1.95. The smallest absolute Gasteiger partial charge is 0.130 e. The van der Waals surface area contributed by atoms with Crippen molar-refractivity contribution in [2.24, 2.45) is 0 Å². The molecule has 0 fully saturated rings. The van der Waals surface area contributed by atoms with E-state index in [-0.39, 0.29) is 0 Å². The standard InChI is InChI=1S/C13H13NO/c1-11-5-4-7-13(9-11)15-10-12-6-2-3-8-14-12/h2-9H,10H2,1H3. The normalized spacial score (nSPS) is 9.93. The predicted octanol–water partition coefficient (Wildman–Crippen LogP) is 2.97. The molecule has 0 spiro atoms. The number of ether oxygens (including phenoxy) is 1. The van der Waals surface area contributed by atoms with Crippen LogP contribution in [0.25, 0.3) is 0 Å². The lowest BCUT2D eigenvalue weighted by Gasteiger charge is -2.05. The molecule has 0 aliphatic rings. The highest BCUT2D eigenvalue weighted by Crippen LogP contribution is 2.13. The van der Waals surface area contributed by atoms with Gasteiger partial charge in [0.2, 0.25) is 0 Å². The van der Waals surface area contributed by atoms with Crippen LogP contribution in [0.15, 0.2) is 48.7 Å². The predicted molar refractivity (Wildman–Crippen MR) is 59.7 cm³/mol. The van der Waals surface area contributed by atoms with Crippen LogP contribution in [0.1, 0.15) is 11.3 Å². The Morgan fingerprint density at radius 3 is 2.80 bits per heavy atom. The SMILES string of the molecule is Cc1cccc(OCc2ccccn2)c1. The number of nitrogens with zero attached hydrogens (tertiary/aromatic N) is 1. The summed E-state index contributed by atoms with van der Waals surface area (Å²) in [5, 5.41) is 0. The van der Waals surface area contributed by atoms with E-state index in [9.17, 15) is 0 Å². The molecule has 2 heteroatoms. The van der Waals surface area contributed by atoms with Gasteiger partial charge >= 0.3 is 0 Å². The summed E-state index contributed by atoms with van der Waals surface area (Å²) < 4.78 is 5.61. The summed E-state index contributed by atoms with van der Waals surface area (Å²) in [4.78, 5) is 4.19. The van der Waals surface area contributed by atoms with Gasteiger partial charge in [0.1, 0.15) is 12.4 Å². The summed E-state index contributed by atoms with van der Waals surface area (Å²) in [7, 11) is 0. The first kappa shape index (κ1) is 9.71. The Bertz CT molecular complexity index is 426. The molecule has 2 nitrogen and oxygen atoms in total. The lowest BCUT2D eigenvalue weighted by molar-refractivity contribution is 0.301. The zero-order valence-electron chi connectivity index (χ0n) is 8.68. The van der Waals surface area contributed by atoms with E-state index >= 15 is 0 Å². The first-order valence-corrected chi connectivity index (χ1v) is 4.94. The molecule has 1 heterocycles. The number of pyridine rings is 1. The van der Waals surface area contributed by atoms with Crippen molar-refractivity contribution in [1.29, 1.82) is 0 Å². The fourth-order valence-corrected chi connectivity index (χ4v) is 1.35. The lowest BCUT2D eigenvalue weighted by atomic mass is 10.2. The highest BCUT2D eigenvalue weighted by atomic mass is 16.5. The second-order valence-electron chi connectivity index (χ2n) is 3.43. The Hall–Kier alpha value is -1.83.